The summed E-state index contributed by atoms with van der Waals surface area (Å²) in [4.78, 5) is 16.7. The highest BCUT2D eigenvalue weighted by Gasteiger charge is 2.24. The fourth-order valence-corrected chi connectivity index (χ4v) is 2.97. The zero-order valence-corrected chi connectivity index (χ0v) is 14.0. The fourth-order valence-electron chi connectivity index (χ4n) is 2.97. The van der Waals surface area contributed by atoms with Gasteiger partial charge in [0.1, 0.15) is 11.5 Å². The molecule has 0 aromatic heterocycles. The number of phenols is 1. The van der Waals surface area contributed by atoms with Gasteiger partial charge in [-0.25, -0.2) is 0 Å². The molecule has 1 aliphatic rings. The Morgan fingerprint density at radius 3 is 2.54 bits per heavy atom. The van der Waals surface area contributed by atoms with Crippen LogP contribution in [0.1, 0.15) is 15.9 Å². The number of carbonyl (C=O) groups is 1. The van der Waals surface area contributed by atoms with Gasteiger partial charge in [-0.15, -0.1) is 0 Å². The van der Waals surface area contributed by atoms with Crippen LogP contribution in [0, 0.1) is 6.92 Å². The zero-order chi connectivity index (χ0) is 17.1. The molecule has 1 heterocycles. The zero-order valence-electron chi connectivity index (χ0n) is 14.0. The Hall–Kier alpha value is -2.69. The summed E-state index contributed by atoms with van der Waals surface area (Å²) >= 11 is 0. The van der Waals surface area contributed by atoms with E-state index in [4.69, 9.17) is 4.74 Å². The number of nitrogens with zero attached hydrogens (tertiary/aromatic N) is 2. The van der Waals surface area contributed by atoms with Gasteiger partial charge in [0.15, 0.2) is 0 Å². The smallest absolute Gasteiger partial charge is 0.257 e. The van der Waals surface area contributed by atoms with E-state index in [9.17, 15) is 9.90 Å². The second-order valence-electron chi connectivity index (χ2n) is 6.00. The molecule has 0 spiro atoms. The van der Waals surface area contributed by atoms with Gasteiger partial charge in [-0.1, -0.05) is 17.7 Å². The van der Waals surface area contributed by atoms with Crippen LogP contribution >= 0.6 is 0 Å². The van der Waals surface area contributed by atoms with E-state index in [-0.39, 0.29) is 11.7 Å². The molecule has 0 saturated carbocycles. The average molecular weight is 326 g/mol. The Balaban J connectivity index is 1.68. The van der Waals surface area contributed by atoms with Crippen LogP contribution in [0.2, 0.25) is 0 Å². The van der Waals surface area contributed by atoms with Crippen molar-refractivity contribution in [3.8, 4) is 11.5 Å². The Kier molecular flexibility index (Phi) is 4.60. The molecule has 126 valence electrons. The van der Waals surface area contributed by atoms with Crippen LogP contribution in [0.4, 0.5) is 5.69 Å². The molecule has 1 saturated heterocycles. The van der Waals surface area contributed by atoms with E-state index in [0.29, 0.717) is 18.7 Å². The maximum absolute atomic E-state index is 12.6. The van der Waals surface area contributed by atoms with Crippen LogP contribution in [-0.2, 0) is 0 Å². The quantitative estimate of drug-likeness (QED) is 0.942. The molecule has 5 nitrogen and oxygen atoms in total. The second-order valence-corrected chi connectivity index (χ2v) is 6.00. The third-order valence-corrected chi connectivity index (χ3v) is 4.37. The highest BCUT2D eigenvalue weighted by atomic mass is 16.5. The van der Waals surface area contributed by atoms with Crippen LogP contribution < -0.4 is 9.64 Å². The third kappa shape index (κ3) is 3.30. The summed E-state index contributed by atoms with van der Waals surface area (Å²) in [5.41, 5.74) is 2.44. The van der Waals surface area contributed by atoms with Crippen LogP contribution in [0.5, 0.6) is 11.5 Å². The van der Waals surface area contributed by atoms with Gasteiger partial charge in [0.05, 0.1) is 12.7 Å². The van der Waals surface area contributed by atoms with Gasteiger partial charge >= 0.3 is 0 Å². The fraction of sp³-hybridized carbons (Fsp3) is 0.316. The van der Waals surface area contributed by atoms with Gasteiger partial charge in [0.2, 0.25) is 0 Å². The largest absolute Gasteiger partial charge is 0.507 e. The molecule has 0 atom stereocenters. The van der Waals surface area contributed by atoms with E-state index in [1.54, 1.807) is 30.2 Å². The standard InChI is InChI=1S/C19H22N2O3/c1-14-6-7-18(22)17(12-14)19(23)21-10-8-20(9-11-21)15-4-3-5-16(13-15)24-2/h3-7,12-13,22H,8-11H2,1-2H3. The Bertz CT molecular complexity index is 737. The molecule has 1 fully saturated rings. The molecule has 2 aromatic rings. The minimum atomic E-state index is -0.110. The number of benzene rings is 2. The summed E-state index contributed by atoms with van der Waals surface area (Å²) in [5.74, 6) is 0.762. The Labute approximate surface area is 142 Å². The molecule has 1 aliphatic heterocycles. The molecule has 0 radical (unpaired) electrons. The highest BCUT2D eigenvalue weighted by Crippen LogP contribution is 2.24. The van der Waals surface area contributed by atoms with Gasteiger partial charge in [-0.05, 0) is 31.2 Å². The first-order valence-corrected chi connectivity index (χ1v) is 8.06. The Morgan fingerprint density at radius 2 is 1.83 bits per heavy atom. The van der Waals surface area contributed by atoms with Crippen molar-refractivity contribution in [3.63, 3.8) is 0 Å². The number of rotatable bonds is 3. The number of hydrogen-bond acceptors (Lipinski definition) is 4. The van der Waals surface area contributed by atoms with E-state index in [1.165, 1.54) is 0 Å². The number of methoxy groups -OCH3 is 1. The first kappa shape index (κ1) is 16.2. The van der Waals surface area contributed by atoms with E-state index in [1.807, 2.05) is 31.2 Å². The molecule has 0 aliphatic carbocycles. The minimum absolute atomic E-state index is 0.0424. The van der Waals surface area contributed by atoms with Crippen LogP contribution in [0.3, 0.4) is 0 Å². The molecule has 0 bridgehead atoms. The maximum Gasteiger partial charge on any atom is 0.257 e. The molecule has 3 rings (SSSR count). The Morgan fingerprint density at radius 1 is 1.08 bits per heavy atom. The summed E-state index contributed by atoms with van der Waals surface area (Å²) < 4.78 is 5.27. The SMILES string of the molecule is COc1cccc(N2CCN(C(=O)c3cc(C)ccc3O)CC2)c1. The normalized spacial score (nSPS) is 14.6. The van der Waals surface area contributed by atoms with E-state index in [0.717, 1.165) is 30.1 Å². The molecule has 1 N–H and O–H groups in total. The maximum atomic E-state index is 12.6. The molecular weight excluding hydrogens is 304 g/mol. The highest BCUT2D eigenvalue weighted by molar-refractivity contribution is 5.97. The van der Waals surface area contributed by atoms with Gasteiger partial charge in [0.25, 0.3) is 5.91 Å². The predicted molar refractivity (Wildman–Crippen MR) is 94.0 cm³/mol. The lowest BCUT2D eigenvalue weighted by molar-refractivity contribution is 0.0743. The molecule has 0 unspecified atom stereocenters. The second kappa shape index (κ2) is 6.83. The van der Waals surface area contributed by atoms with Crippen LogP contribution in [-0.4, -0.2) is 49.2 Å². The first-order chi connectivity index (χ1) is 11.6. The number of aryl methyl sites for hydroxylation is 1. The van der Waals surface area contributed by atoms with Gasteiger partial charge in [-0.3, -0.25) is 4.79 Å². The molecule has 5 heteroatoms. The topological polar surface area (TPSA) is 53.0 Å². The van der Waals surface area contributed by atoms with Gasteiger partial charge < -0.3 is 19.6 Å². The summed E-state index contributed by atoms with van der Waals surface area (Å²) in [6.45, 7) is 4.68. The summed E-state index contributed by atoms with van der Waals surface area (Å²) in [6.07, 6.45) is 0. The minimum Gasteiger partial charge on any atom is -0.507 e. The van der Waals surface area contributed by atoms with Crippen molar-refractivity contribution in [2.75, 3.05) is 38.2 Å². The molecule has 1 amide bonds. The van der Waals surface area contributed by atoms with Crippen molar-refractivity contribution in [1.82, 2.24) is 4.90 Å². The number of hydrogen-bond donors (Lipinski definition) is 1. The van der Waals surface area contributed by atoms with Crippen molar-refractivity contribution < 1.29 is 14.6 Å². The van der Waals surface area contributed by atoms with Crippen LogP contribution in [0.15, 0.2) is 42.5 Å². The first-order valence-electron chi connectivity index (χ1n) is 8.06. The van der Waals surface area contributed by atoms with E-state index >= 15 is 0 Å². The lowest BCUT2D eigenvalue weighted by Crippen LogP contribution is -2.48. The van der Waals surface area contributed by atoms with E-state index < -0.39 is 0 Å². The number of anilines is 1. The van der Waals surface area contributed by atoms with E-state index in [2.05, 4.69) is 4.90 Å². The number of carbonyl (C=O) groups excluding carboxylic acids is 1. The third-order valence-electron chi connectivity index (χ3n) is 4.37. The van der Waals surface area contributed by atoms with Crippen molar-refractivity contribution in [3.05, 3.63) is 53.6 Å². The van der Waals surface area contributed by atoms with Crippen LogP contribution in [0.25, 0.3) is 0 Å². The lowest BCUT2D eigenvalue weighted by atomic mass is 10.1. The summed E-state index contributed by atoms with van der Waals surface area (Å²) in [7, 11) is 1.66. The predicted octanol–water partition coefficient (Wildman–Crippen LogP) is 2.67. The molecule has 24 heavy (non-hydrogen) atoms. The van der Waals surface area contributed by atoms with Crippen molar-refractivity contribution >= 4 is 11.6 Å². The van der Waals surface area contributed by atoms with Crippen molar-refractivity contribution in [2.45, 2.75) is 6.92 Å². The number of piperazine rings is 1. The monoisotopic (exact) mass is 326 g/mol. The number of aromatic hydroxyl groups is 1. The van der Waals surface area contributed by atoms with Crippen molar-refractivity contribution in [1.29, 1.82) is 0 Å². The number of ether oxygens (including phenoxy) is 1. The lowest BCUT2D eigenvalue weighted by Gasteiger charge is -2.36. The van der Waals surface area contributed by atoms with Gasteiger partial charge in [-0.2, -0.15) is 0 Å². The van der Waals surface area contributed by atoms with Gasteiger partial charge in [0, 0.05) is 37.9 Å². The summed E-state index contributed by atoms with van der Waals surface area (Å²) in [6, 6.07) is 13.1. The number of phenolic OH excluding ortho intramolecular Hbond substituents is 1. The average Bonchev–Trinajstić information content (AvgIpc) is 2.63. The number of amides is 1. The van der Waals surface area contributed by atoms with Crippen molar-refractivity contribution in [2.24, 2.45) is 0 Å². The summed E-state index contributed by atoms with van der Waals surface area (Å²) in [5, 5.41) is 9.95. The molecular formula is C19H22N2O3. The molecule has 2 aromatic carbocycles.